The van der Waals surface area contributed by atoms with Crippen molar-refractivity contribution in [2.24, 2.45) is 0 Å². The molecule has 7 heteroatoms. The first kappa shape index (κ1) is 15.6. The summed E-state index contributed by atoms with van der Waals surface area (Å²) in [4.78, 5) is 26.0. The highest BCUT2D eigenvalue weighted by Crippen LogP contribution is 2.33. The van der Waals surface area contributed by atoms with Crippen molar-refractivity contribution in [3.63, 3.8) is 0 Å². The molecule has 1 aromatic rings. The number of halogens is 2. The fourth-order valence-electron chi connectivity index (χ4n) is 2.75. The zero-order valence-corrected chi connectivity index (χ0v) is 13.3. The van der Waals surface area contributed by atoms with E-state index in [-0.39, 0.29) is 5.91 Å². The number of anilines is 1. The van der Waals surface area contributed by atoms with Gasteiger partial charge < -0.3 is 15.3 Å². The Morgan fingerprint density at radius 2 is 2.05 bits per heavy atom. The van der Waals surface area contributed by atoms with E-state index in [0.29, 0.717) is 41.5 Å². The zero-order valence-electron chi connectivity index (χ0n) is 11.8. The first-order valence-electron chi connectivity index (χ1n) is 7.20. The quantitative estimate of drug-likeness (QED) is 0.883. The molecule has 1 aliphatic carbocycles. The Hall–Kier alpha value is -1.30. The van der Waals surface area contributed by atoms with Crippen molar-refractivity contribution >= 4 is 40.7 Å². The van der Waals surface area contributed by atoms with Crippen molar-refractivity contribution in [3.8, 4) is 0 Å². The van der Waals surface area contributed by atoms with Gasteiger partial charge in [-0.2, -0.15) is 0 Å². The van der Waals surface area contributed by atoms with Gasteiger partial charge in [0.25, 0.3) is 5.91 Å². The number of carbonyl (C=O) groups excluding carboxylic acids is 2. The number of rotatable bonds is 3. The maximum atomic E-state index is 12.4. The first-order valence-corrected chi connectivity index (χ1v) is 7.96. The van der Waals surface area contributed by atoms with E-state index in [9.17, 15) is 14.7 Å². The van der Waals surface area contributed by atoms with Crippen LogP contribution in [0, 0.1) is 0 Å². The van der Waals surface area contributed by atoms with Gasteiger partial charge in [0.2, 0.25) is 5.91 Å². The van der Waals surface area contributed by atoms with Crippen molar-refractivity contribution < 1.29 is 14.7 Å². The van der Waals surface area contributed by atoms with Crippen LogP contribution in [0.1, 0.15) is 25.7 Å². The predicted octanol–water partition coefficient (Wildman–Crippen LogP) is 2.13. The van der Waals surface area contributed by atoms with Crippen LogP contribution in [-0.2, 0) is 9.59 Å². The maximum Gasteiger partial charge on any atom is 0.252 e. The van der Waals surface area contributed by atoms with E-state index in [1.54, 1.807) is 23.1 Å². The van der Waals surface area contributed by atoms with Crippen molar-refractivity contribution in [3.05, 3.63) is 28.2 Å². The van der Waals surface area contributed by atoms with Crippen LogP contribution in [0.2, 0.25) is 10.0 Å². The van der Waals surface area contributed by atoms with Gasteiger partial charge in [0.05, 0.1) is 10.0 Å². The Labute approximate surface area is 138 Å². The SMILES string of the molecule is O=C1[C@H](NC(=O)C2(O)CCC2)CCN1c1ccc(Cl)c(Cl)c1. The molecule has 0 aromatic heterocycles. The summed E-state index contributed by atoms with van der Waals surface area (Å²) < 4.78 is 0. The summed E-state index contributed by atoms with van der Waals surface area (Å²) in [5.41, 5.74) is -0.643. The molecule has 1 saturated carbocycles. The molecule has 0 spiro atoms. The summed E-state index contributed by atoms with van der Waals surface area (Å²) >= 11 is 11.8. The topological polar surface area (TPSA) is 69.6 Å². The van der Waals surface area contributed by atoms with Crippen LogP contribution in [0.25, 0.3) is 0 Å². The second-order valence-corrected chi connectivity index (χ2v) is 6.60. The molecule has 1 saturated heterocycles. The van der Waals surface area contributed by atoms with Crippen molar-refractivity contribution in [2.45, 2.75) is 37.3 Å². The predicted molar refractivity (Wildman–Crippen MR) is 84.2 cm³/mol. The Bertz CT molecular complexity index is 631. The molecule has 3 rings (SSSR count). The monoisotopic (exact) mass is 342 g/mol. The number of nitrogens with one attached hydrogen (secondary N) is 1. The lowest BCUT2D eigenvalue weighted by Crippen LogP contribution is -2.55. The number of hydrogen-bond acceptors (Lipinski definition) is 3. The van der Waals surface area contributed by atoms with Crippen LogP contribution in [0.5, 0.6) is 0 Å². The van der Waals surface area contributed by atoms with Gasteiger partial charge in [0.1, 0.15) is 11.6 Å². The van der Waals surface area contributed by atoms with E-state index < -0.39 is 17.6 Å². The average Bonchev–Trinajstić information content (AvgIpc) is 2.80. The minimum atomic E-state index is -1.29. The van der Waals surface area contributed by atoms with E-state index in [1.165, 1.54) is 0 Å². The van der Waals surface area contributed by atoms with Gasteiger partial charge in [-0.1, -0.05) is 23.2 Å². The summed E-state index contributed by atoms with van der Waals surface area (Å²) in [6.45, 7) is 0.486. The standard InChI is InChI=1S/C15H16Cl2N2O3/c16-10-3-2-9(8-11(10)17)19-7-4-12(13(19)20)18-14(21)15(22)5-1-6-15/h2-3,8,12,22H,1,4-7H2,(H,18,21)/t12-/m1/s1. The van der Waals surface area contributed by atoms with E-state index in [0.717, 1.165) is 6.42 Å². The second-order valence-electron chi connectivity index (χ2n) is 5.79. The van der Waals surface area contributed by atoms with Gasteiger partial charge in [-0.25, -0.2) is 0 Å². The normalized spacial score (nSPS) is 23.3. The third-order valence-electron chi connectivity index (χ3n) is 4.33. The van der Waals surface area contributed by atoms with Gasteiger partial charge in [-0.3, -0.25) is 9.59 Å². The van der Waals surface area contributed by atoms with Gasteiger partial charge >= 0.3 is 0 Å². The summed E-state index contributed by atoms with van der Waals surface area (Å²) in [6, 6.07) is 4.38. The molecular weight excluding hydrogens is 327 g/mol. The van der Waals surface area contributed by atoms with E-state index in [2.05, 4.69) is 5.32 Å². The fraction of sp³-hybridized carbons (Fsp3) is 0.467. The molecule has 2 fully saturated rings. The Morgan fingerprint density at radius 1 is 1.32 bits per heavy atom. The molecule has 0 radical (unpaired) electrons. The summed E-state index contributed by atoms with van der Waals surface area (Å²) in [5, 5.41) is 13.5. The Morgan fingerprint density at radius 3 is 2.64 bits per heavy atom. The lowest BCUT2D eigenvalue weighted by Gasteiger charge is -2.35. The van der Waals surface area contributed by atoms with Gasteiger partial charge in [-0.15, -0.1) is 0 Å². The number of aliphatic hydroxyl groups is 1. The molecule has 5 nitrogen and oxygen atoms in total. The zero-order chi connectivity index (χ0) is 15.9. The van der Waals surface area contributed by atoms with Crippen molar-refractivity contribution in [1.82, 2.24) is 5.32 Å². The fourth-order valence-corrected chi connectivity index (χ4v) is 3.05. The van der Waals surface area contributed by atoms with E-state index in [1.807, 2.05) is 0 Å². The van der Waals surface area contributed by atoms with Crippen molar-refractivity contribution in [2.75, 3.05) is 11.4 Å². The molecule has 2 aliphatic rings. The minimum Gasteiger partial charge on any atom is -0.380 e. The maximum absolute atomic E-state index is 12.4. The van der Waals surface area contributed by atoms with E-state index >= 15 is 0 Å². The minimum absolute atomic E-state index is 0.199. The molecule has 0 unspecified atom stereocenters. The lowest BCUT2D eigenvalue weighted by molar-refractivity contribution is -0.150. The number of hydrogen-bond donors (Lipinski definition) is 2. The molecule has 0 bridgehead atoms. The highest BCUT2D eigenvalue weighted by molar-refractivity contribution is 6.42. The van der Waals surface area contributed by atoms with Crippen LogP contribution in [0.3, 0.4) is 0 Å². The average molecular weight is 343 g/mol. The van der Waals surface area contributed by atoms with Gasteiger partial charge in [0.15, 0.2) is 0 Å². The highest BCUT2D eigenvalue weighted by atomic mass is 35.5. The van der Waals surface area contributed by atoms with Crippen LogP contribution in [-0.4, -0.2) is 35.1 Å². The molecule has 118 valence electrons. The highest BCUT2D eigenvalue weighted by Gasteiger charge is 2.44. The second kappa shape index (κ2) is 5.72. The molecule has 1 atom stereocenters. The van der Waals surface area contributed by atoms with Crippen LogP contribution < -0.4 is 10.2 Å². The molecule has 2 amide bonds. The van der Waals surface area contributed by atoms with E-state index in [4.69, 9.17) is 23.2 Å². The third kappa shape index (κ3) is 2.69. The Balaban J connectivity index is 1.69. The Kier molecular flexibility index (Phi) is 4.05. The van der Waals surface area contributed by atoms with Crippen LogP contribution in [0.4, 0.5) is 5.69 Å². The van der Waals surface area contributed by atoms with Gasteiger partial charge in [0, 0.05) is 12.2 Å². The summed E-state index contributed by atoms with van der Waals surface area (Å²) in [7, 11) is 0. The third-order valence-corrected chi connectivity index (χ3v) is 5.07. The smallest absolute Gasteiger partial charge is 0.252 e. The number of benzene rings is 1. The molecular formula is C15H16Cl2N2O3. The molecule has 1 aliphatic heterocycles. The van der Waals surface area contributed by atoms with Gasteiger partial charge in [-0.05, 0) is 43.9 Å². The molecule has 1 aromatic carbocycles. The van der Waals surface area contributed by atoms with Crippen LogP contribution >= 0.6 is 23.2 Å². The summed E-state index contributed by atoms with van der Waals surface area (Å²) in [6.07, 6.45) is 2.24. The van der Waals surface area contributed by atoms with Crippen molar-refractivity contribution in [1.29, 1.82) is 0 Å². The van der Waals surface area contributed by atoms with Crippen LogP contribution in [0.15, 0.2) is 18.2 Å². The number of amides is 2. The largest absolute Gasteiger partial charge is 0.380 e. The number of carbonyl (C=O) groups is 2. The lowest BCUT2D eigenvalue weighted by atomic mass is 9.79. The summed E-state index contributed by atoms with van der Waals surface area (Å²) in [5.74, 6) is -0.650. The molecule has 1 heterocycles. The molecule has 2 N–H and O–H groups in total. The molecule has 22 heavy (non-hydrogen) atoms. The number of nitrogens with zero attached hydrogens (tertiary/aromatic N) is 1. The first-order chi connectivity index (χ1) is 10.4.